The van der Waals surface area contributed by atoms with Gasteiger partial charge in [-0.1, -0.05) is 12.1 Å². The van der Waals surface area contributed by atoms with Gasteiger partial charge in [-0.3, -0.25) is 4.79 Å². The molecule has 1 N–H and O–H groups in total. The third kappa shape index (κ3) is 5.71. The van der Waals surface area contributed by atoms with E-state index in [9.17, 15) is 13.2 Å². The SMILES string of the molecule is COc1ccc(OCC(=O)NCc2ccc(S(=O)(=O)N(C)C(C)C)cc2)cc1. The number of amides is 1. The Morgan fingerprint density at radius 1 is 1.04 bits per heavy atom. The molecule has 0 heterocycles. The average Bonchev–Trinajstić information content (AvgIpc) is 2.70. The van der Waals surface area contributed by atoms with Crippen molar-refractivity contribution in [1.82, 2.24) is 9.62 Å². The van der Waals surface area contributed by atoms with Crippen LogP contribution in [0.1, 0.15) is 19.4 Å². The first-order valence-corrected chi connectivity index (χ1v) is 10.3. The Morgan fingerprint density at radius 3 is 2.14 bits per heavy atom. The molecule has 28 heavy (non-hydrogen) atoms. The van der Waals surface area contributed by atoms with E-state index in [2.05, 4.69) is 5.32 Å². The minimum atomic E-state index is -3.51. The fraction of sp³-hybridized carbons (Fsp3) is 0.350. The number of nitrogens with zero attached hydrogens (tertiary/aromatic N) is 1. The maximum absolute atomic E-state index is 12.4. The maximum atomic E-state index is 12.4. The predicted molar refractivity (Wildman–Crippen MR) is 107 cm³/mol. The third-order valence-electron chi connectivity index (χ3n) is 4.25. The summed E-state index contributed by atoms with van der Waals surface area (Å²) >= 11 is 0. The van der Waals surface area contributed by atoms with Gasteiger partial charge in [0.25, 0.3) is 5.91 Å². The average molecular weight is 407 g/mol. The highest BCUT2D eigenvalue weighted by Gasteiger charge is 2.22. The number of carbonyl (C=O) groups excluding carboxylic acids is 1. The molecule has 0 fully saturated rings. The van der Waals surface area contributed by atoms with Crippen molar-refractivity contribution >= 4 is 15.9 Å². The topological polar surface area (TPSA) is 84.9 Å². The summed E-state index contributed by atoms with van der Waals surface area (Å²) in [6.45, 7) is 3.80. The summed E-state index contributed by atoms with van der Waals surface area (Å²) in [7, 11) is -0.384. The molecule has 0 aliphatic rings. The van der Waals surface area contributed by atoms with Crippen LogP contribution < -0.4 is 14.8 Å². The monoisotopic (exact) mass is 406 g/mol. The van der Waals surface area contributed by atoms with E-state index in [-0.39, 0.29) is 30.0 Å². The molecule has 7 nitrogen and oxygen atoms in total. The number of ether oxygens (including phenoxy) is 2. The molecule has 0 aromatic heterocycles. The molecule has 0 bridgehead atoms. The molecule has 0 aliphatic carbocycles. The summed E-state index contributed by atoms with van der Waals surface area (Å²) in [6.07, 6.45) is 0. The number of benzene rings is 2. The smallest absolute Gasteiger partial charge is 0.258 e. The number of rotatable bonds is 9. The molecule has 0 saturated heterocycles. The summed E-state index contributed by atoms with van der Waals surface area (Å²) in [5.41, 5.74) is 0.795. The van der Waals surface area contributed by atoms with Gasteiger partial charge in [-0.2, -0.15) is 4.31 Å². The highest BCUT2D eigenvalue weighted by molar-refractivity contribution is 7.89. The Balaban J connectivity index is 1.86. The van der Waals surface area contributed by atoms with Gasteiger partial charge in [-0.15, -0.1) is 0 Å². The molecule has 8 heteroatoms. The zero-order valence-electron chi connectivity index (χ0n) is 16.5. The highest BCUT2D eigenvalue weighted by atomic mass is 32.2. The van der Waals surface area contributed by atoms with Crippen molar-refractivity contribution in [1.29, 1.82) is 0 Å². The lowest BCUT2D eigenvalue weighted by Gasteiger charge is -2.21. The summed E-state index contributed by atoms with van der Waals surface area (Å²) < 4.78 is 36.7. The summed E-state index contributed by atoms with van der Waals surface area (Å²) in [4.78, 5) is 12.2. The minimum absolute atomic E-state index is 0.113. The van der Waals surface area contributed by atoms with E-state index in [1.807, 2.05) is 13.8 Å². The molecule has 0 unspecified atom stereocenters. The van der Waals surface area contributed by atoms with Crippen LogP contribution in [0.15, 0.2) is 53.4 Å². The number of methoxy groups -OCH3 is 1. The lowest BCUT2D eigenvalue weighted by atomic mass is 10.2. The number of hydrogen-bond acceptors (Lipinski definition) is 5. The van der Waals surface area contributed by atoms with Gasteiger partial charge in [0.05, 0.1) is 12.0 Å². The van der Waals surface area contributed by atoms with Crippen molar-refractivity contribution in [3.63, 3.8) is 0 Å². The second kappa shape index (κ2) is 9.57. The van der Waals surface area contributed by atoms with Crippen LogP contribution >= 0.6 is 0 Å². The van der Waals surface area contributed by atoms with Gasteiger partial charge in [-0.25, -0.2) is 8.42 Å². The van der Waals surface area contributed by atoms with Gasteiger partial charge in [0.2, 0.25) is 10.0 Å². The number of sulfonamides is 1. The normalized spacial score (nSPS) is 11.5. The Hall–Kier alpha value is -2.58. The van der Waals surface area contributed by atoms with Crippen molar-refractivity contribution in [3.8, 4) is 11.5 Å². The van der Waals surface area contributed by atoms with Crippen LogP contribution in [0.3, 0.4) is 0 Å². The first-order valence-electron chi connectivity index (χ1n) is 8.84. The van der Waals surface area contributed by atoms with Crippen LogP contribution in [-0.2, 0) is 21.4 Å². The standard InChI is InChI=1S/C20H26N2O5S/c1-15(2)22(3)28(24,25)19-11-5-16(6-12-19)13-21-20(23)14-27-18-9-7-17(26-4)8-10-18/h5-12,15H,13-14H2,1-4H3,(H,21,23). The first kappa shape index (κ1) is 21.7. The molecular formula is C20H26N2O5S. The lowest BCUT2D eigenvalue weighted by molar-refractivity contribution is -0.123. The second-order valence-electron chi connectivity index (χ2n) is 6.50. The van der Waals surface area contributed by atoms with Crippen molar-refractivity contribution < 1.29 is 22.7 Å². The lowest BCUT2D eigenvalue weighted by Crippen LogP contribution is -2.33. The van der Waals surface area contributed by atoms with Gasteiger partial charge >= 0.3 is 0 Å². The Kier molecular flexibility index (Phi) is 7.42. The van der Waals surface area contributed by atoms with E-state index in [0.29, 0.717) is 11.5 Å². The molecule has 2 aromatic rings. The summed E-state index contributed by atoms with van der Waals surface area (Å²) in [5, 5.41) is 2.74. The second-order valence-corrected chi connectivity index (χ2v) is 8.50. The van der Waals surface area contributed by atoms with Crippen molar-refractivity contribution in [2.45, 2.75) is 31.3 Å². The molecular weight excluding hydrogens is 380 g/mol. The van der Waals surface area contributed by atoms with Crippen molar-refractivity contribution in [3.05, 3.63) is 54.1 Å². The summed E-state index contributed by atoms with van der Waals surface area (Å²) in [5.74, 6) is 1.01. The van der Waals surface area contributed by atoms with Crippen LogP contribution in [-0.4, -0.2) is 45.4 Å². The first-order chi connectivity index (χ1) is 13.2. The van der Waals surface area contributed by atoms with Crippen LogP contribution in [0.4, 0.5) is 0 Å². The molecule has 0 atom stereocenters. The third-order valence-corrected chi connectivity index (χ3v) is 6.29. The number of nitrogens with one attached hydrogen (secondary N) is 1. The van der Waals surface area contributed by atoms with E-state index in [4.69, 9.17) is 9.47 Å². The number of hydrogen-bond donors (Lipinski definition) is 1. The molecule has 0 radical (unpaired) electrons. The molecule has 152 valence electrons. The molecule has 2 rings (SSSR count). The number of carbonyl (C=O) groups is 1. The predicted octanol–water partition coefficient (Wildman–Crippen LogP) is 2.42. The van der Waals surface area contributed by atoms with Crippen molar-refractivity contribution in [2.24, 2.45) is 0 Å². The fourth-order valence-corrected chi connectivity index (χ4v) is 3.66. The van der Waals surface area contributed by atoms with E-state index < -0.39 is 10.0 Å². The molecule has 0 saturated carbocycles. The van der Waals surface area contributed by atoms with Crippen LogP contribution in [0.2, 0.25) is 0 Å². The maximum Gasteiger partial charge on any atom is 0.258 e. The van der Waals surface area contributed by atoms with Gasteiger partial charge in [0.15, 0.2) is 6.61 Å². The largest absolute Gasteiger partial charge is 0.497 e. The zero-order chi connectivity index (χ0) is 20.7. The van der Waals surface area contributed by atoms with Gasteiger partial charge < -0.3 is 14.8 Å². The van der Waals surface area contributed by atoms with Crippen LogP contribution in [0.25, 0.3) is 0 Å². The zero-order valence-corrected chi connectivity index (χ0v) is 17.3. The van der Waals surface area contributed by atoms with Crippen LogP contribution in [0, 0.1) is 0 Å². The van der Waals surface area contributed by atoms with Gasteiger partial charge in [0.1, 0.15) is 11.5 Å². The quantitative estimate of drug-likeness (QED) is 0.691. The van der Waals surface area contributed by atoms with Gasteiger partial charge in [0, 0.05) is 19.6 Å². The molecule has 2 aromatic carbocycles. The minimum Gasteiger partial charge on any atom is -0.497 e. The summed E-state index contributed by atoms with van der Waals surface area (Å²) in [6, 6.07) is 13.3. The van der Waals surface area contributed by atoms with Crippen LogP contribution in [0.5, 0.6) is 11.5 Å². The highest BCUT2D eigenvalue weighted by Crippen LogP contribution is 2.18. The van der Waals surface area contributed by atoms with E-state index >= 15 is 0 Å². The Morgan fingerprint density at radius 2 is 1.61 bits per heavy atom. The Labute approximate surface area is 166 Å². The van der Waals surface area contributed by atoms with E-state index in [0.717, 1.165) is 5.56 Å². The van der Waals surface area contributed by atoms with E-state index in [1.165, 1.54) is 4.31 Å². The molecule has 0 spiro atoms. The Bertz CT molecular complexity index is 878. The fourth-order valence-electron chi connectivity index (χ4n) is 2.30. The van der Waals surface area contributed by atoms with Crippen molar-refractivity contribution in [2.75, 3.05) is 20.8 Å². The van der Waals surface area contributed by atoms with E-state index in [1.54, 1.807) is 62.7 Å². The molecule has 0 aliphatic heterocycles. The van der Waals surface area contributed by atoms with Gasteiger partial charge in [-0.05, 0) is 55.8 Å². The molecule has 1 amide bonds.